The Morgan fingerprint density at radius 2 is 1.95 bits per heavy atom. The number of carboxylic acids is 1. The molecule has 0 fully saturated rings. The van der Waals surface area contributed by atoms with Gasteiger partial charge in [-0.2, -0.15) is 0 Å². The number of anilines is 1. The summed E-state index contributed by atoms with van der Waals surface area (Å²) in [5, 5.41) is 8.84. The number of carbonyl (C=O) groups excluding carboxylic acids is 1. The van der Waals surface area contributed by atoms with Gasteiger partial charge in [0, 0.05) is 25.3 Å². The van der Waals surface area contributed by atoms with Crippen molar-refractivity contribution >= 4 is 17.7 Å². The van der Waals surface area contributed by atoms with Gasteiger partial charge in [0.25, 0.3) is 0 Å². The highest BCUT2D eigenvalue weighted by molar-refractivity contribution is 5.92. The fraction of sp³-hybridized carbons (Fsp3) is 0.333. The number of benzene rings is 1. The van der Waals surface area contributed by atoms with Crippen LogP contribution in [0.1, 0.15) is 12.8 Å². The van der Waals surface area contributed by atoms with Crippen LogP contribution in [0.3, 0.4) is 0 Å². The average Bonchev–Trinajstić information content (AvgIpc) is 2.49. The minimum atomic E-state index is -0.905. The number of aliphatic carboxylic acids is 1. The van der Waals surface area contributed by atoms with Gasteiger partial charge < -0.3 is 10.0 Å². The lowest BCUT2D eigenvalue weighted by atomic mass is 10.2. The van der Waals surface area contributed by atoms with Crippen LogP contribution in [-0.2, 0) is 4.79 Å². The lowest BCUT2D eigenvalue weighted by molar-refractivity contribution is -0.136. The van der Waals surface area contributed by atoms with Crippen molar-refractivity contribution in [3.05, 3.63) is 42.5 Å². The van der Waals surface area contributed by atoms with Crippen LogP contribution in [-0.4, -0.2) is 41.6 Å². The van der Waals surface area contributed by atoms with Gasteiger partial charge in [-0.25, -0.2) is 4.79 Å². The van der Waals surface area contributed by atoms with Crippen molar-refractivity contribution in [3.63, 3.8) is 0 Å². The zero-order valence-electron chi connectivity index (χ0n) is 11.2. The molecule has 0 saturated heterocycles. The molecule has 1 aromatic carbocycles. The van der Waals surface area contributed by atoms with Gasteiger partial charge in [-0.1, -0.05) is 30.4 Å². The first-order chi connectivity index (χ1) is 9.68. The Labute approximate surface area is 118 Å². The fourth-order valence-electron chi connectivity index (χ4n) is 2.14. The summed E-state index contributed by atoms with van der Waals surface area (Å²) < 4.78 is 0. The standard InChI is InChI=1S/C15H18N2O3/c18-14(19)9-12-17(13-7-3-1-4-8-13)15(20)16-10-5-2-6-11-16/h1-5,7-8H,6,9-12H2,(H,18,19). The van der Waals surface area contributed by atoms with E-state index in [0.717, 1.165) is 12.1 Å². The summed E-state index contributed by atoms with van der Waals surface area (Å²) in [7, 11) is 0. The molecular formula is C15H18N2O3. The molecule has 2 amide bonds. The molecule has 1 aromatic rings. The summed E-state index contributed by atoms with van der Waals surface area (Å²) in [6, 6.07) is 9.05. The first kappa shape index (κ1) is 14.1. The van der Waals surface area contributed by atoms with E-state index in [9.17, 15) is 9.59 Å². The van der Waals surface area contributed by atoms with E-state index in [1.54, 1.807) is 4.90 Å². The minimum absolute atomic E-state index is 0.0652. The summed E-state index contributed by atoms with van der Waals surface area (Å²) in [4.78, 5) is 26.6. The second-order valence-electron chi connectivity index (χ2n) is 4.62. The maximum absolute atomic E-state index is 12.5. The number of hydrogen-bond donors (Lipinski definition) is 1. The molecule has 5 nitrogen and oxygen atoms in total. The van der Waals surface area contributed by atoms with Crippen molar-refractivity contribution in [2.75, 3.05) is 24.5 Å². The second kappa shape index (κ2) is 6.75. The van der Waals surface area contributed by atoms with Crippen molar-refractivity contribution in [1.29, 1.82) is 0 Å². The highest BCUT2D eigenvalue weighted by Gasteiger charge is 2.22. The third kappa shape index (κ3) is 3.60. The Hall–Kier alpha value is -2.30. The van der Waals surface area contributed by atoms with Crippen molar-refractivity contribution in [2.45, 2.75) is 12.8 Å². The van der Waals surface area contributed by atoms with E-state index in [-0.39, 0.29) is 19.0 Å². The highest BCUT2D eigenvalue weighted by Crippen LogP contribution is 2.17. The van der Waals surface area contributed by atoms with E-state index in [1.807, 2.05) is 42.5 Å². The van der Waals surface area contributed by atoms with Gasteiger partial charge in [-0.15, -0.1) is 0 Å². The van der Waals surface area contributed by atoms with E-state index < -0.39 is 5.97 Å². The van der Waals surface area contributed by atoms with Crippen LogP contribution in [0.4, 0.5) is 10.5 Å². The van der Waals surface area contributed by atoms with Crippen LogP contribution in [0.25, 0.3) is 0 Å². The van der Waals surface area contributed by atoms with Crippen molar-refractivity contribution < 1.29 is 14.7 Å². The normalized spacial score (nSPS) is 14.1. The molecule has 0 unspecified atom stereocenters. The van der Waals surface area contributed by atoms with Crippen molar-refractivity contribution in [3.8, 4) is 0 Å². The lowest BCUT2D eigenvalue weighted by Gasteiger charge is -2.31. The molecule has 0 radical (unpaired) electrons. The Bertz CT molecular complexity index is 499. The molecule has 20 heavy (non-hydrogen) atoms. The molecule has 0 atom stereocenters. The van der Waals surface area contributed by atoms with Crippen molar-refractivity contribution in [1.82, 2.24) is 4.90 Å². The summed E-state index contributed by atoms with van der Waals surface area (Å²) in [6.07, 6.45) is 4.78. The second-order valence-corrected chi connectivity index (χ2v) is 4.62. The SMILES string of the molecule is O=C(O)CCN(C(=O)N1CC=CCC1)c1ccccc1. The quantitative estimate of drug-likeness (QED) is 0.857. The zero-order chi connectivity index (χ0) is 14.4. The molecule has 106 valence electrons. The van der Waals surface area contributed by atoms with Crippen LogP contribution in [0, 0.1) is 0 Å². The number of para-hydroxylation sites is 1. The highest BCUT2D eigenvalue weighted by atomic mass is 16.4. The minimum Gasteiger partial charge on any atom is -0.481 e. The zero-order valence-corrected chi connectivity index (χ0v) is 11.2. The largest absolute Gasteiger partial charge is 0.481 e. The Balaban J connectivity index is 2.15. The molecule has 1 aliphatic heterocycles. The van der Waals surface area contributed by atoms with Gasteiger partial charge in [0.1, 0.15) is 0 Å². The van der Waals surface area contributed by atoms with Crippen LogP contribution in [0.5, 0.6) is 0 Å². The molecule has 5 heteroatoms. The van der Waals surface area contributed by atoms with Crippen LogP contribution in [0.15, 0.2) is 42.5 Å². The molecule has 1 heterocycles. The summed E-state index contributed by atoms with van der Waals surface area (Å²) in [5.74, 6) is -0.905. The van der Waals surface area contributed by atoms with Crippen LogP contribution in [0.2, 0.25) is 0 Å². The third-order valence-corrected chi connectivity index (χ3v) is 3.18. The molecular weight excluding hydrogens is 256 g/mol. The van der Waals surface area contributed by atoms with Gasteiger partial charge in [0.05, 0.1) is 6.42 Å². The van der Waals surface area contributed by atoms with Crippen LogP contribution < -0.4 is 4.90 Å². The number of nitrogens with zero attached hydrogens (tertiary/aromatic N) is 2. The summed E-state index contributed by atoms with van der Waals surface area (Å²) >= 11 is 0. The smallest absolute Gasteiger partial charge is 0.324 e. The Morgan fingerprint density at radius 3 is 2.55 bits per heavy atom. The maximum atomic E-state index is 12.5. The molecule has 2 rings (SSSR count). The molecule has 1 aliphatic rings. The number of rotatable bonds is 4. The van der Waals surface area contributed by atoms with E-state index in [1.165, 1.54) is 4.90 Å². The molecule has 0 aliphatic carbocycles. The van der Waals surface area contributed by atoms with Gasteiger partial charge in [0.2, 0.25) is 0 Å². The number of carboxylic acid groups (broad SMARTS) is 1. The van der Waals surface area contributed by atoms with Gasteiger partial charge >= 0.3 is 12.0 Å². The monoisotopic (exact) mass is 274 g/mol. The third-order valence-electron chi connectivity index (χ3n) is 3.18. The first-order valence-electron chi connectivity index (χ1n) is 6.67. The Morgan fingerprint density at radius 1 is 1.20 bits per heavy atom. The maximum Gasteiger partial charge on any atom is 0.324 e. The van der Waals surface area contributed by atoms with Crippen molar-refractivity contribution in [2.24, 2.45) is 0 Å². The number of carbonyl (C=O) groups is 2. The molecule has 0 bridgehead atoms. The first-order valence-corrected chi connectivity index (χ1v) is 6.67. The lowest BCUT2D eigenvalue weighted by Crippen LogP contribution is -2.45. The van der Waals surface area contributed by atoms with E-state index in [2.05, 4.69) is 0 Å². The predicted molar refractivity (Wildman–Crippen MR) is 76.8 cm³/mol. The number of hydrogen-bond acceptors (Lipinski definition) is 2. The van der Waals surface area contributed by atoms with Crippen LogP contribution >= 0.6 is 0 Å². The molecule has 0 aromatic heterocycles. The molecule has 1 N–H and O–H groups in total. The average molecular weight is 274 g/mol. The van der Waals surface area contributed by atoms with Gasteiger partial charge in [0.15, 0.2) is 0 Å². The fourth-order valence-corrected chi connectivity index (χ4v) is 2.14. The number of amides is 2. The van der Waals surface area contributed by atoms with Gasteiger partial charge in [-0.3, -0.25) is 9.69 Å². The molecule has 0 spiro atoms. The van der Waals surface area contributed by atoms with E-state index >= 15 is 0 Å². The van der Waals surface area contributed by atoms with E-state index in [0.29, 0.717) is 13.1 Å². The predicted octanol–water partition coefficient (Wildman–Crippen LogP) is 2.35. The molecule has 0 saturated carbocycles. The summed E-state index contributed by atoms with van der Waals surface area (Å²) in [6.45, 7) is 1.43. The summed E-state index contributed by atoms with van der Waals surface area (Å²) in [5.41, 5.74) is 0.730. The van der Waals surface area contributed by atoms with E-state index in [4.69, 9.17) is 5.11 Å². The number of urea groups is 1. The van der Waals surface area contributed by atoms with Gasteiger partial charge in [-0.05, 0) is 18.6 Å². The topological polar surface area (TPSA) is 60.9 Å². The Kier molecular flexibility index (Phi) is 4.76.